The van der Waals surface area contributed by atoms with E-state index in [1.54, 1.807) is 20.8 Å². The number of primary amides is 1. The number of pyridine rings is 1. The van der Waals surface area contributed by atoms with Crippen molar-refractivity contribution in [3.63, 3.8) is 0 Å². The van der Waals surface area contributed by atoms with Crippen LogP contribution < -0.4 is 5.73 Å². The number of rotatable bonds is 6. The SMILES string of the molecule is CC(C)(C)OC(=O)N1C[C@H](F)C[C@H]1C(=O)CCc1cc(-c2ccc(C(F)(F)F)cc2)c(C(N)=O)cn1. The van der Waals surface area contributed by atoms with E-state index in [2.05, 4.69) is 4.98 Å². The summed E-state index contributed by atoms with van der Waals surface area (Å²) in [4.78, 5) is 42.4. The number of Topliss-reactive ketones (excluding diaryl/α,β-unsaturated/α-hetero) is 1. The van der Waals surface area contributed by atoms with Gasteiger partial charge < -0.3 is 10.5 Å². The summed E-state index contributed by atoms with van der Waals surface area (Å²) < 4.78 is 58.1. The molecule has 1 saturated heterocycles. The number of aromatic nitrogens is 1. The number of aryl methyl sites for hydroxylation is 1. The van der Waals surface area contributed by atoms with Gasteiger partial charge in [0.25, 0.3) is 5.91 Å². The number of halogens is 4. The lowest BCUT2D eigenvalue weighted by Gasteiger charge is -2.27. The van der Waals surface area contributed by atoms with Gasteiger partial charge in [0.1, 0.15) is 11.8 Å². The van der Waals surface area contributed by atoms with Gasteiger partial charge >= 0.3 is 12.3 Å². The molecule has 1 aliphatic heterocycles. The van der Waals surface area contributed by atoms with Crippen LogP contribution in [0.15, 0.2) is 36.5 Å². The first-order valence-electron chi connectivity index (χ1n) is 11.3. The Balaban J connectivity index is 1.78. The van der Waals surface area contributed by atoms with Crippen molar-refractivity contribution in [1.29, 1.82) is 0 Å². The molecule has 2 amide bonds. The van der Waals surface area contributed by atoms with E-state index >= 15 is 0 Å². The van der Waals surface area contributed by atoms with E-state index in [-0.39, 0.29) is 42.7 Å². The van der Waals surface area contributed by atoms with Crippen LogP contribution in [0.4, 0.5) is 22.4 Å². The van der Waals surface area contributed by atoms with E-state index < -0.39 is 41.6 Å². The Morgan fingerprint density at radius 3 is 2.33 bits per heavy atom. The molecule has 0 saturated carbocycles. The third-order valence-corrected chi connectivity index (χ3v) is 5.63. The Morgan fingerprint density at radius 2 is 1.78 bits per heavy atom. The van der Waals surface area contributed by atoms with Crippen molar-refractivity contribution < 1.29 is 36.7 Å². The lowest BCUT2D eigenvalue weighted by molar-refractivity contribution is -0.137. The number of nitrogens with zero attached hydrogens (tertiary/aromatic N) is 2. The fraction of sp³-hybridized carbons (Fsp3) is 0.440. The topological polar surface area (TPSA) is 103 Å². The van der Waals surface area contributed by atoms with Crippen LogP contribution in [0.25, 0.3) is 11.1 Å². The molecule has 0 radical (unpaired) electrons. The van der Waals surface area contributed by atoms with Crippen LogP contribution in [-0.2, 0) is 22.1 Å². The minimum Gasteiger partial charge on any atom is -0.444 e. The molecule has 2 atom stereocenters. The lowest BCUT2D eigenvalue weighted by Crippen LogP contribution is -2.43. The summed E-state index contributed by atoms with van der Waals surface area (Å²) in [7, 11) is 0. The van der Waals surface area contributed by atoms with Gasteiger partial charge in [-0.05, 0) is 56.5 Å². The number of hydrogen-bond acceptors (Lipinski definition) is 5. The number of carbonyl (C=O) groups excluding carboxylic acids is 3. The fourth-order valence-corrected chi connectivity index (χ4v) is 3.94. The molecule has 1 aromatic heterocycles. The lowest BCUT2D eigenvalue weighted by atomic mass is 9.97. The van der Waals surface area contributed by atoms with Gasteiger partial charge in [0.15, 0.2) is 5.78 Å². The molecule has 0 unspecified atom stereocenters. The Labute approximate surface area is 205 Å². The van der Waals surface area contributed by atoms with Gasteiger partial charge in [-0.1, -0.05) is 12.1 Å². The number of hydrogen-bond donors (Lipinski definition) is 1. The monoisotopic (exact) mass is 509 g/mol. The van der Waals surface area contributed by atoms with Crippen molar-refractivity contribution in [2.45, 2.75) is 64.0 Å². The van der Waals surface area contributed by atoms with E-state index in [0.717, 1.165) is 17.0 Å². The Kier molecular flexibility index (Phi) is 7.70. The molecule has 0 bridgehead atoms. The number of nitrogens with two attached hydrogens (primary N) is 1. The van der Waals surface area contributed by atoms with Crippen LogP contribution in [0.2, 0.25) is 0 Å². The van der Waals surface area contributed by atoms with Crippen molar-refractivity contribution in [3.8, 4) is 11.1 Å². The van der Waals surface area contributed by atoms with Gasteiger partial charge in [-0.2, -0.15) is 13.2 Å². The quantitative estimate of drug-likeness (QED) is 0.568. The summed E-state index contributed by atoms with van der Waals surface area (Å²) in [6, 6.07) is 4.73. The van der Waals surface area contributed by atoms with Crippen LogP contribution in [-0.4, -0.2) is 52.0 Å². The van der Waals surface area contributed by atoms with Crippen molar-refractivity contribution in [1.82, 2.24) is 9.88 Å². The summed E-state index contributed by atoms with van der Waals surface area (Å²) in [5.74, 6) is -1.19. The first-order chi connectivity index (χ1) is 16.7. The van der Waals surface area contributed by atoms with Gasteiger partial charge in [-0.3, -0.25) is 19.5 Å². The molecule has 1 aromatic carbocycles. The van der Waals surface area contributed by atoms with Crippen molar-refractivity contribution in [2.75, 3.05) is 6.54 Å². The number of carbonyl (C=O) groups is 3. The zero-order valence-electron chi connectivity index (χ0n) is 20.1. The van der Waals surface area contributed by atoms with E-state index in [1.165, 1.54) is 24.4 Å². The second-order valence-corrected chi connectivity index (χ2v) is 9.61. The van der Waals surface area contributed by atoms with E-state index in [4.69, 9.17) is 10.5 Å². The summed E-state index contributed by atoms with van der Waals surface area (Å²) in [6.45, 7) is 4.76. The maximum absolute atomic E-state index is 14.1. The predicted molar refractivity (Wildman–Crippen MR) is 123 cm³/mol. The van der Waals surface area contributed by atoms with Gasteiger partial charge in [0.05, 0.1) is 23.7 Å². The van der Waals surface area contributed by atoms with Gasteiger partial charge in [-0.25, -0.2) is 9.18 Å². The molecule has 1 aliphatic rings. The van der Waals surface area contributed by atoms with Crippen LogP contribution in [0.5, 0.6) is 0 Å². The molecular formula is C25H27F4N3O4. The number of ether oxygens (including phenoxy) is 1. The molecular weight excluding hydrogens is 482 g/mol. The first kappa shape index (κ1) is 27.1. The first-order valence-corrected chi connectivity index (χ1v) is 11.3. The zero-order valence-corrected chi connectivity index (χ0v) is 20.1. The average molecular weight is 510 g/mol. The van der Waals surface area contributed by atoms with Crippen LogP contribution in [0, 0.1) is 0 Å². The predicted octanol–water partition coefficient (Wildman–Crippen LogP) is 4.72. The van der Waals surface area contributed by atoms with Crippen molar-refractivity contribution in [3.05, 3.63) is 53.3 Å². The number of alkyl halides is 4. The highest BCUT2D eigenvalue weighted by molar-refractivity contribution is 5.99. The molecule has 3 rings (SSSR count). The normalized spacial score (nSPS) is 18.2. The van der Waals surface area contributed by atoms with Crippen molar-refractivity contribution in [2.24, 2.45) is 5.73 Å². The second-order valence-electron chi connectivity index (χ2n) is 9.61. The van der Waals surface area contributed by atoms with Crippen LogP contribution in [0.1, 0.15) is 55.2 Å². The summed E-state index contributed by atoms with van der Waals surface area (Å²) >= 11 is 0. The van der Waals surface area contributed by atoms with E-state index in [9.17, 15) is 31.9 Å². The van der Waals surface area contributed by atoms with E-state index in [1.807, 2.05) is 0 Å². The molecule has 11 heteroatoms. The number of likely N-dealkylation sites (tertiary alicyclic amines) is 1. The van der Waals surface area contributed by atoms with Crippen LogP contribution >= 0.6 is 0 Å². The average Bonchev–Trinajstić information content (AvgIpc) is 3.17. The number of amides is 2. The van der Waals surface area contributed by atoms with Gasteiger partial charge in [0, 0.05) is 24.7 Å². The Morgan fingerprint density at radius 1 is 1.14 bits per heavy atom. The third-order valence-electron chi connectivity index (χ3n) is 5.63. The molecule has 2 N–H and O–H groups in total. The third kappa shape index (κ3) is 6.58. The molecule has 7 nitrogen and oxygen atoms in total. The number of ketones is 1. The molecule has 0 aliphatic carbocycles. The maximum Gasteiger partial charge on any atom is 0.416 e. The molecule has 1 fully saturated rings. The molecule has 2 aromatic rings. The maximum atomic E-state index is 14.1. The van der Waals surface area contributed by atoms with Gasteiger partial charge in [-0.15, -0.1) is 0 Å². The fourth-order valence-electron chi connectivity index (χ4n) is 3.94. The largest absolute Gasteiger partial charge is 0.444 e. The minimum atomic E-state index is -4.51. The number of benzene rings is 1. The smallest absolute Gasteiger partial charge is 0.416 e. The summed E-state index contributed by atoms with van der Waals surface area (Å²) in [5, 5.41) is 0. The highest BCUT2D eigenvalue weighted by Crippen LogP contribution is 2.32. The van der Waals surface area contributed by atoms with Gasteiger partial charge in [0.2, 0.25) is 0 Å². The second kappa shape index (κ2) is 10.2. The Hall–Kier alpha value is -3.50. The molecule has 36 heavy (non-hydrogen) atoms. The molecule has 194 valence electrons. The zero-order chi connectivity index (χ0) is 26.8. The molecule has 2 heterocycles. The minimum absolute atomic E-state index is 0.0111. The summed E-state index contributed by atoms with van der Waals surface area (Å²) in [6.07, 6.45) is -5.55. The van der Waals surface area contributed by atoms with Crippen LogP contribution in [0.3, 0.4) is 0 Å². The summed E-state index contributed by atoms with van der Waals surface area (Å²) in [5.41, 5.74) is 4.74. The van der Waals surface area contributed by atoms with E-state index in [0.29, 0.717) is 11.3 Å². The Bertz CT molecular complexity index is 1140. The van der Waals surface area contributed by atoms with Crippen molar-refractivity contribution >= 4 is 17.8 Å². The standard InChI is InChI=1S/C25H27F4N3O4/c1-24(2,3)36-23(35)32-13-16(26)10-20(32)21(33)9-8-17-11-18(19(12-31-17)22(30)34)14-4-6-15(7-5-14)25(27,28)29/h4-7,11-12,16,20H,8-10,13H2,1-3H3,(H2,30,34)/t16-,20+/m1/s1. The highest BCUT2D eigenvalue weighted by atomic mass is 19.4. The molecule has 0 spiro atoms. The highest BCUT2D eigenvalue weighted by Gasteiger charge is 2.41.